The summed E-state index contributed by atoms with van der Waals surface area (Å²) >= 11 is 0. The van der Waals surface area contributed by atoms with Crippen LogP contribution in [-0.4, -0.2) is 76.1 Å². The van der Waals surface area contributed by atoms with Crippen molar-refractivity contribution in [3.63, 3.8) is 0 Å². The van der Waals surface area contributed by atoms with E-state index in [1.807, 2.05) is 0 Å². The average Bonchev–Trinajstić information content (AvgIpc) is 3.71. The van der Waals surface area contributed by atoms with E-state index in [2.05, 4.69) is 25.5 Å². The second-order valence-electron chi connectivity index (χ2n) is 9.88. The van der Waals surface area contributed by atoms with Crippen LogP contribution in [0, 0.1) is 0 Å². The number of hydrogen-bond acceptors (Lipinski definition) is 8. The molecule has 2 N–H and O–H groups in total. The number of alkyl halides is 1. The van der Waals surface area contributed by atoms with Crippen molar-refractivity contribution in [2.75, 3.05) is 11.4 Å². The number of carbonyl (C=O) groups excluding carboxylic acids is 3. The first-order chi connectivity index (χ1) is 20.3. The number of amides is 3. The Bertz CT molecular complexity index is 1790. The zero-order valence-corrected chi connectivity index (χ0v) is 22.4. The molecule has 1 aliphatic rings. The number of nitrogens with zero attached hydrogens (tertiary/aromatic N) is 9. The van der Waals surface area contributed by atoms with Crippen LogP contribution >= 0.6 is 0 Å². The topological polar surface area (TPSA) is 158 Å². The number of nitrogens with two attached hydrogens (primary N) is 1. The van der Waals surface area contributed by atoms with Crippen molar-refractivity contribution in [3.05, 3.63) is 79.0 Å². The summed E-state index contributed by atoms with van der Waals surface area (Å²) in [7, 11) is 1.68. The highest BCUT2D eigenvalue weighted by atomic mass is 19.1. The second-order valence-corrected chi connectivity index (χ2v) is 9.88. The molecule has 13 nitrogen and oxygen atoms in total. The van der Waals surface area contributed by atoms with Crippen molar-refractivity contribution in [1.82, 2.24) is 39.6 Å². The SMILES string of the molecule is Cn1cnnc1N(C(=O)[C@@H]1C[C@@H](F)CN1C(=O)Cn1nc(C(N)=O)c2cc(-c3ccnnc3)ccc21)c1ccccc1. The van der Waals surface area contributed by atoms with Gasteiger partial charge in [-0.2, -0.15) is 15.3 Å². The minimum Gasteiger partial charge on any atom is -0.364 e. The van der Waals surface area contributed by atoms with E-state index in [4.69, 9.17) is 5.73 Å². The molecule has 5 aromatic rings. The number of anilines is 2. The molecule has 3 amide bonds. The van der Waals surface area contributed by atoms with Crippen LogP contribution in [0.15, 0.2) is 73.3 Å². The highest BCUT2D eigenvalue weighted by molar-refractivity contribution is 6.06. The second kappa shape index (κ2) is 10.8. The van der Waals surface area contributed by atoms with E-state index in [0.717, 1.165) is 11.1 Å². The maximum Gasteiger partial charge on any atom is 0.269 e. The highest BCUT2D eigenvalue weighted by Gasteiger charge is 2.43. The van der Waals surface area contributed by atoms with Gasteiger partial charge in [-0.05, 0) is 35.9 Å². The van der Waals surface area contributed by atoms with Crippen molar-refractivity contribution in [1.29, 1.82) is 0 Å². The van der Waals surface area contributed by atoms with Gasteiger partial charge in [-0.25, -0.2) is 9.29 Å². The third-order valence-corrected chi connectivity index (χ3v) is 7.16. The molecule has 42 heavy (non-hydrogen) atoms. The minimum atomic E-state index is -1.41. The number of para-hydroxylation sites is 1. The van der Waals surface area contributed by atoms with Gasteiger partial charge in [-0.1, -0.05) is 24.3 Å². The first-order valence-corrected chi connectivity index (χ1v) is 13.1. The molecule has 2 atom stereocenters. The lowest BCUT2D eigenvalue weighted by atomic mass is 10.0. The normalized spacial score (nSPS) is 16.6. The van der Waals surface area contributed by atoms with Crippen LogP contribution in [0.25, 0.3) is 22.0 Å². The molecule has 2 aromatic carbocycles. The zero-order chi connectivity index (χ0) is 29.4. The number of hydrogen-bond donors (Lipinski definition) is 1. The lowest BCUT2D eigenvalue weighted by molar-refractivity contribution is -0.137. The van der Waals surface area contributed by atoms with E-state index in [1.165, 1.54) is 20.8 Å². The lowest BCUT2D eigenvalue weighted by Crippen LogP contribution is -2.48. The zero-order valence-electron chi connectivity index (χ0n) is 22.4. The van der Waals surface area contributed by atoms with Gasteiger partial charge in [0.05, 0.1) is 30.1 Å². The van der Waals surface area contributed by atoms with Gasteiger partial charge in [0.2, 0.25) is 11.9 Å². The van der Waals surface area contributed by atoms with Crippen molar-refractivity contribution in [2.45, 2.75) is 25.2 Å². The molecule has 0 radical (unpaired) electrons. The van der Waals surface area contributed by atoms with Crippen LogP contribution in [0.4, 0.5) is 16.0 Å². The first kappa shape index (κ1) is 26.7. The lowest BCUT2D eigenvalue weighted by Gasteiger charge is -2.29. The molecule has 1 saturated heterocycles. The molecule has 0 spiro atoms. The third kappa shape index (κ3) is 4.82. The number of benzene rings is 2. The summed E-state index contributed by atoms with van der Waals surface area (Å²) in [6.45, 7) is -0.608. The number of likely N-dealkylation sites (tertiary alicyclic amines) is 1. The smallest absolute Gasteiger partial charge is 0.269 e. The van der Waals surface area contributed by atoms with Crippen LogP contribution < -0.4 is 10.6 Å². The number of aryl methyl sites for hydroxylation is 1. The minimum absolute atomic E-state index is 0.0170. The van der Waals surface area contributed by atoms with Gasteiger partial charge in [0.25, 0.3) is 11.8 Å². The number of rotatable bonds is 7. The fourth-order valence-corrected chi connectivity index (χ4v) is 5.18. The van der Waals surface area contributed by atoms with E-state index in [9.17, 15) is 18.8 Å². The Labute approximate surface area is 238 Å². The van der Waals surface area contributed by atoms with Crippen LogP contribution in [0.3, 0.4) is 0 Å². The molecule has 6 rings (SSSR count). The van der Waals surface area contributed by atoms with Gasteiger partial charge >= 0.3 is 0 Å². The molecule has 1 fully saturated rings. The molecule has 0 aliphatic carbocycles. The number of fused-ring (bicyclic) bond motifs is 1. The molecule has 0 bridgehead atoms. The van der Waals surface area contributed by atoms with Crippen LogP contribution in [0.5, 0.6) is 0 Å². The van der Waals surface area contributed by atoms with Crippen molar-refractivity contribution >= 4 is 40.3 Å². The standard InChI is InChI=1S/C28H25FN10O3/c1-36-16-33-34-28(36)39(20-5-3-2-4-6-20)27(42)23-12-19(29)14-37(23)24(40)15-38-22-8-7-17(18-9-10-31-32-13-18)11-21(22)25(35-38)26(30)41/h2-11,13,16,19,23H,12,14-15H2,1H3,(H2,30,41)/t19-,23+/m1/s1. The Morgan fingerprint density at radius 2 is 1.86 bits per heavy atom. The predicted octanol–water partition coefficient (Wildman–Crippen LogP) is 2.02. The van der Waals surface area contributed by atoms with Gasteiger partial charge in [-0.15, -0.1) is 10.2 Å². The summed E-state index contributed by atoms with van der Waals surface area (Å²) < 4.78 is 17.8. The van der Waals surface area contributed by atoms with E-state index >= 15 is 0 Å². The summed E-state index contributed by atoms with van der Waals surface area (Å²) in [6.07, 6.45) is 2.99. The first-order valence-electron chi connectivity index (χ1n) is 13.1. The van der Waals surface area contributed by atoms with Gasteiger partial charge in [-0.3, -0.25) is 19.1 Å². The molecule has 1 aliphatic heterocycles. The van der Waals surface area contributed by atoms with E-state index in [0.29, 0.717) is 16.6 Å². The molecular formula is C28H25FN10O3. The average molecular weight is 569 g/mol. The number of primary amides is 1. The quantitative estimate of drug-likeness (QED) is 0.312. The molecule has 14 heteroatoms. The summed E-state index contributed by atoms with van der Waals surface area (Å²) in [5.41, 5.74) is 8.10. The maximum absolute atomic E-state index is 14.8. The Morgan fingerprint density at radius 3 is 2.55 bits per heavy atom. The van der Waals surface area contributed by atoms with Gasteiger partial charge in [0.15, 0.2) is 5.69 Å². The monoisotopic (exact) mass is 568 g/mol. The Balaban J connectivity index is 1.32. The fourth-order valence-electron chi connectivity index (χ4n) is 5.18. The number of carbonyl (C=O) groups is 3. The van der Waals surface area contributed by atoms with Crippen molar-refractivity contribution in [2.24, 2.45) is 12.8 Å². The summed E-state index contributed by atoms with van der Waals surface area (Å²) in [4.78, 5) is 42.5. The van der Waals surface area contributed by atoms with Crippen molar-refractivity contribution < 1.29 is 18.8 Å². The predicted molar refractivity (Wildman–Crippen MR) is 149 cm³/mol. The van der Waals surface area contributed by atoms with Gasteiger partial charge in [0.1, 0.15) is 25.1 Å². The molecule has 0 saturated carbocycles. The van der Waals surface area contributed by atoms with E-state index in [-0.39, 0.29) is 31.2 Å². The molecule has 0 unspecified atom stereocenters. The third-order valence-electron chi connectivity index (χ3n) is 7.16. The van der Waals surface area contributed by atoms with E-state index < -0.39 is 29.9 Å². The largest absolute Gasteiger partial charge is 0.364 e. The van der Waals surface area contributed by atoms with Crippen LogP contribution in [-0.2, 0) is 23.2 Å². The van der Waals surface area contributed by atoms with E-state index in [1.54, 1.807) is 78.6 Å². The summed E-state index contributed by atoms with van der Waals surface area (Å²) in [5, 5.41) is 20.4. The Kier molecular flexibility index (Phi) is 6.86. The molecular weight excluding hydrogens is 543 g/mol. The summed E-state index contributed by atoms with van der Waals surface area (Å²) in [6, 6.07) is 14.7. The highest BCUT2D eigenvalue weighted by Crippen LogP contribution is 2.30. The molecule has 4 heterocycles. The number of halogens is 1. The fraction of sp³-hybridized carbons (Fsp3) is 0.214. The Morgan fingerprint density at radius 1 is 1.05 bits per heavy atom. The number of aromatic nitrogens is 7. The van der Waals surface area contributed by atoms with Crippen LogP contribution in [0.2, 0.25) is 0 Å². The Hall–Kier alpha value is -5.53. The van der Waals surface area contributed by atoms with Gasteiger partial charge < -0.3 is 15.2 Å². The maximum atomic E-state index is 14.8. The van der Waals surface area contributed by atoms with Gasteiger partial charge in [0, 0.05) is 24.4 Å². The molecule has 212 valence electrons. The molecule has 3 aromatic heterocycles. The van der Waals surface area contributed by atoms with Crippen LogP contribution in [0.1, 0.15) is 16.9 Å². The van der Waals surface area contributed by atoms with Crippen molar-refractivity contribution in [3.8, 4) is 11.1 Å². The summed E-state index contributed by atoms with van der Waals surface area (Å²) in [5.74, 6) is -1.60.